The molecule has 2 aromatic heterocycles. The Balaban J connectivity index is 1.62. The van der Waals surface area contributed by atoms with E-state index in [4.69, 9.17) is 4.74 Å². The Morgan fingerprint density at radius 3 is 3.14 bits per heavy atom. The van der Waals surface area contributed by atoms with Crippen LogP contribution in [0.3, 0.4) is 0 Å². The minimum absolute atomic E-state index is 0.0362. The van der Waals surface area contributed by atoms with Crippen LogP contribution in [0.1, 0.15) is 48.4 Å². The van der Waals surface area contributed by atoms with Gasteiger partial charge in [0, 0.05) is 10.3 Å². The molecule has 0 radical (unpaired) electrons. The lowest BCUT2D eigenvalue weighted by atomic mass is 10.1. The van der Waals surface area contributed by atoms with E-state index in [2.05, 4.69) is 35.6 Å². The maximum absolute atomic E-state index is 12.2. The van der Waals surface area contributed by atoms with E-state index < -0.39 is 0 Å². The first-order chi connectivity index (χ1) is 10.1. The van der Waals surface area contributed by atoms with Gasteiger partial charge >= 0.3 is 0 Å². The maximum atomic E-state index is 12.2. The molecule has 3 rings (SSSR count). The number of ether oxygens (including phenoxy) is 1. The number of rotatable bonds is 4. The van der Waals surface area contributed by atoms with Crippen molar-refractivity contribution in [3.8, 4) is 0 Å². The van der Waals surface area contributed by atoms with E-state index in [-0.39, 0.29) is 12.0 Å². The van der Waals surface area contributed by atoms with Gasteiger partial charge in [-0.2, -0.15) is 0 Å². The van der Waals surface area contributed by atoms with Crippen molar-refractivity contribution in [2.24, 2.45) is 0 Å². The summed E-state index contributed by atoms with van der Waals surface area (Å²) in [6, 6.07) is 2.13. The van der Waals surface area contributed by atoms with Gasteiger partial charge in [0.15, 0.2) is 5.13 Å². The van der Waals surface area contributed by atoms with Crippen molar-refractivity contribution in [2.45, 2.75) is 38.7 Å². The molecule has 2 aromatic rings. The molecule has 0 aliphatic carbocycles. The van der Waals surface area contributed by atoms with Gasteiger partial charge in [0.1, 0.15) is 6.10 Å². The molecule has 0 saturated heterocycles. The Morgan fingerprint density at radius 1 is 1.52 bits per heavy atom. The number of fused-ring (bicyclic) bond motifs is 1. The third-order valence-electron chi connectivity index (χ3n) is 3.49. The predicted octanol–water partition coefficient (Wildman–Crippen LogP) is 3.97. The first-order valence-corrected chi connectivity index (χ1v) is 8.82. The molecule has 0 saturated carbocycles. The van der Waals surface area contributed by atoms with Gasteiger partial charge in [0.25, 0.3) is 0 Å². The molecule has 1 aliphatic heterocycles. The van der Waals surface area contributed by atoms with Crippen LogP contribution in [0, 0.1) is 0 Å². The van der Waals surface area contributed by atoms with Crippen LogP contribution in [0.4, 0.5) is 5.13 Å². The number of aromatic nitrogens is 1. The van der Waals surface area contributed by atoms with Crippen molar-refractivity contribution in [1.82, 2.24) is 4.98 Å². The predicted molar refractivity (Wildman–Crippen MR) is 86.2 cm³/mol. The van der Waals surface area contributed by atoms with Crippen molar-refractivity contribution < 1.29 is 9.53 Å². The number of thiazole rings is 1. The summed E-state index contributed by atoms with van der Waals surface area (Å²) in [6.07, 6.45) is 1.18. The van der Waals surface area contributed by atoms with Gasteiger partial charge in [-0.3, -0.25) is 4.79 Å². The molecule has 3 heterocycles. The zero-order chi connectivity index (χ0) is 14.8. The van der Waals surface area contributed by atoms with Crippen LogP contribution < -0.4 is 5.32 Å². The number of carbonyl (C=O) groups is 1. The number of thiophene rings is 1. The van der Waals surface area contributed by atoms with Gasteiger partial charge in [-0.15, -0.1) is 22.7 Å². The summed E-state index contributed by atoms with van der Waals surface area (Å²) in [5.41, 5.74) is 2.34. The van der Waals surface area contributed by atoms with Crippen molar-refractivity contribution in [3.05, 3.63) is 33.0 Å². The zero-order valence-corrected chi connectivity index (χ0v) is 13.7. The van der Waals surface area contributed by atoms with E-state index in [0.29, 0.717) is 24.1 Å². The average Bonchev–Trinajstić information content (AvgIpc) is 3.07. The number of amides is 1. The third kappa shape index (κ3) is 3.33. The van der Waals surface area contributed by atoms with Crippen molar-refractivity contribution in [3.63, 3.8) is 0 Å². The summed E-state index contributed by atoms with van der Waals surface area (Å²) >= 11 is 3.15. The second-order valence-corrected chi connectivity index (χ2v) is 7.21. The maximum Gasteiger partial charge on any atom is 0.229 e. The van der Waals surface area contributed by atoms with E-state index >= 15 is 0 Å². The topological polar surface area (TPSA) is 51.2 Å². The number of hydrogen-bond acceptors (Lipinski definition) is 5. The van der Waals surface area contributed by atoms with Crippen molar-refractivity contribution in [1.29, 1.82) is 0 Å². The van der Waals surface area contributed by atoms with Crippen molar-refractivity contribution >= 4 is 33.7 Å². The van der Waals surface area contributed by atoms with E-state index in [1.807, 2.05) is 5.38 Å². The Hall–Kier alpha value is -1.24. The largest absolute Gasteiger partial charge is 0.372 e. The lowest BCUT2D eigenvalue weighted by Crippen LogP contribution is -2.21. The van der Waals surface area contributed by atoms with Gasteiger partial charge in [-0.05, 0) is 29.3 Å². The van der Waals surface area contributed by atoms with Crippen LogP contribution in [0.25, 0.3) is 0 Å². The molecule has 1 N–H and O–H groups in total. The SMILES string of the molecule is CC(C)c1csc(NC(=O)C[C@@H]2OCCc3ccsc32)n1. The number of anilines is 1. The first-order valence-electron chi connectivity index (χ1n) is 7.06. The molecule has 112 valence electrons. The number of hydrogen-bond donors (Lipinski definition) is 1. The van der Waals surface area contributed by atoms with E-state index in [1.165, 1.54) is 21.8 Å². The van der Waals surface area contributed by atoms with Crippen molar-refractivity contribution in [2.75, 3.05) is 11.9 Å². The lowest BCUT2D eigenvalue weighted by molar-refractivity contribution is -0.119. The molecule has 0 unspecified atom stereocenters. The molecule has 0 bridgehead atoms. The fourth-order valence-electron chi connectivity index (χ4n) is 2.32. The van der Waals surface area contributed by atoms with Crippen LogP contribution in [0.15, 0.2) is 16.8 Å². The summed E-state index contributed by atoms with van der Waals surface area (Å²) in [6.45, 7) is 4.88. The number of nitrogens with one attached hydrogen (secondary N) is 1. The fourth-order valence-corrected chi connectivity index (χ4v) is 4.21. The van der Waals surface area contributed by atoms with Crippen LogP contribution in [0.5, 0.6) is 0 Å². The molecule has 6 heteroatoms. The number of nitrogens with zero attached hydrogens (tertiary/aromatic N) is 1. The fraction of sp³-hybridized carbons (Fsp3) is 0.467. The summed E-state index contributed by atoms with van der Waals surface area (Å²) in [5.74, 6) is 0.341. The molecule has 1 atom stereocenters. The van der Waals surface area contributed by atoms with Gasteiger partial charge in [0.2, 0.25) is 5.91 Å². The van der Waals surface area contributed by atoms with Crippen LogP contribution in [0.2, 0.25) is 0 Å². The van der Waals surface area contributed by atoms with Crippen LogP contribution in [-0.4, -0.2) is 17.5 Å². The monoisotopic (exact) mass is 322 g/mol. The second-order valence-electron chi connectivity index (χ2n) is 5.40. The standard InChI is InChI=1S/C15H18N2O2S2/c1-9(2)11-8-21-15(16-11)17-13(18)7-12-14-10(3-5-19-12)4-6-20-14/h4,6,8-9,12H,3,5,7H2,1-2H3,(H,16,17,18)/t12-/m0/s1. The summed E-state index contributed by atoms with van der Waals surface area (Å²) in [4.78, 5) is 17.8. The van der Waals surface area contributed by atoms with E-state index in [9.17, 15) is 4.79 Å². The third-order valence-corrected chi connectivity index (χ3v) is 5.32. The quantitative estimate of drug-likeness (QED) is 0.926. The molecule has 21 heavy (non-hydrogen) atoms. The Bertz CT molecular complexity index is 633. The molecule has 1 amide bonds. The average molecular weight is 322 g/mol. The van der Waals surface area contributed by atoms with E-state index in [0.717, 1.165) is 12.1 Å². The van der Waals surface area contributed by atoms with Gasteiger partial charge in [-0.25, -0.2) is 4.98 Å². The summed E-state index contributed by atoms with van der Waals surface area (Å²) < 4.78 is 5.75. The van der Waals surface area contributed by atoms with Crippen LogP contribution in [-0.2, 0) is 16.0 Å². The Morgan fingerprint density at radius 2 is 2.38 bits per heavy atom. The lowest BCUT2D eigenvalue weighted by Gasteiger charge is -2.22. The molecule has 0 fully saturated rings. The highest BCUT2D eigenvalue weighted by Gasteiger charge is 2.25. The minimum atomic E-state index is -0.113. The van der Waals surface area contributed by atoms with Gasteiger partial charge in [-0.1, -0.05) is 13.8 Å². The summed E-state index contributed by atoms with van der Waals surface area (Å²) in [5, 5.41) is 7.62. The smallest absolute Gasteiger partial charge is 0.229 e. The first kappa shape index (κ1) is 14.7. The summed E-state index contributed by atoms with van der Waals surface area (Å²) in [7, 11) is 0. The van der Waals surface area contributed by atoms with E-state index in [1.54, 1.807) is 11.3 Å². The molecule has 0 spiro atoms. The van der Waals surface area contributed by atoms with Gasteiger partial charge in [0.05, 0.1) is 18.7 Å². The Kier molecular flexibility index (Phi) is 4.37. The molecule has 1 aliphatic rings. The highest BCUT2D eigenvalue weighted by atomic mass is 32.1. The highest BCUT2D eigenvalue weighted by Crippen LogP contribution is 2.34. The highest BCUT2D eigenvalue weighted by molar-refractivity contribution is 7.14. The Labute approximate surface area is 132 Å². The normalized spacial score (nSPS) is 17.8. The molecule has 4 nitrogen and oxygen atoms in total. The van der Waals surface area contributed by atoms with Gasteiger partial charge < -0.3 is 10.1 Å². The molecule has 0 aromatic carbocycles. The second kappa shape index (κ2) is 6.25. The molecular weight excluding hydrogens is 304 g/mol. The number of carbonyl (C=O) groups excluding carboxylic acids is 1. The molecular formula is C15H18N2O2S2. The minimum Gasteiger partial charge on any atom is -0.372 e. The van der Waals surface area contributed by atoms with Crippen LogP contribution >= 0.6 is 22.7 Å². The zero-order valence-electron chi connectivity index (χ0n) is 12.1.